The number of halogens is 1. The van der Waals surface area contributed by atoms with Gasteiger partial charge in [-0.2, -0.15) is 0 Å². The van der Waals surface area contributed by atoms with Crippen molar-refractivity contribution >= 4 is 29.9 Å². The van der Waals surface area contributed by atoms with Gasteiger partial charge in [-0.15, -0.1) is 44.4 Å². The van der Waals surface area contributed by atoms with Crippen molar-refractivity contribution in [3.63, 3.8) is 0 Å². The second-order valence-electron chi connectivity index (χ2n) is 6.73. The zero-order valence-corrected chi connectivity index (χ0v) is 19.2. The smallest absolute Gasteiger partial charge is 0.191 e. The molecule has 3 heterocycles. The van der Waals surface area contributed by atoms with Crippen LogP contribution in [0.2, 0.25) is 0 Å². The summed E-state index contributed by atoms with van der Waals surface area (Å²) in [5, 5.41) is 23.5. The Labute approximate surface area is 183 Å². The topological polar surface area (TPSA) is 97.8 Å². The lowest BCUT2D eigenvalue weighted by Gasteiger charge is -2.12. The molecule has 0 saturated heterocycles. The number of aromatic nitrogens is 6. The van der Waals surface area contributed by atoms with Crippen molar-refractivity contribution in [1.82, 2.24) is 40.2 Å². The van der Waals surface area contributed by atoms with Crippen molar-refractivity contribution in [2.75, 3.05) is 19.6 Å². The van der Waals surface area contributed by atoms with Crippen LogP contribution in [-0.2, 0) is 32.4 Å². The van der Waals surface area contributed by atoms with E-state index in [0.29, 0.717) is 6.54 Å². The molecule has 0 saturated carbocycles. The molecule has 3 rings (SSSR count). The highest BCUT2D eigenvalue weighted by Gasteiger charge is 2.14. The SMILES string of the molecule is CCNC(=NCCc1nnc2n1CCCCC2)NCCn1cnnc1CC.I. The van der Waals surface area contributed by atoms with E-state index in [-0.39, 0.29) is 24.0 Å². The van der Waals surface area contributed by atoms with Crippen LogP contribution in [0.15, 0.2) is 11.3 Å². The van der Waals surface area contributed by atoms with Crippen molar-refractivity contribution < 1.29 is 0 Å². The minimum Gasteiger partial charge on any atom is -0.357 e. The average molecular weight is 501 g/mol. The van der Waals surface area contributed by atoms with Gasteiger partial charge in [-0.05, 0) is 19.8 Å². The molecule has 2 aromatic rings. The van der Waals surface area contributed by atoms with E-state index in [4.69, 9.17) is 4.99 Å². The van der Waals surface area contributed by atoms with Gasteiger partial charge in [0.05, 0.1) is 0 Å². The Balaban J connectivity index is 0.00000280. The predicted octanol–water partition coefficient (Wildman–Crippen LogP) is 1.57. The van der Waals surface area contributed by atoms with E-state index >= 15 is 0 Å². The fourth-order valence-electron chi connectivity index (χ4n) is 3.37. The quantitative estimate of drug-likeness (QED) is 0.324. The first kappa shape index (κ1) is 22.6. The van der Waals surface area contributed by atoms with Crippen LogP contribution in [0.4, 0.5) is 0 Å². The van der Waals surface area contributed by atoms with Crippen LogP contribution >= 0.6 is 24.0 Å². The van der Waals surface area contributed by atoms with Gasteiger partial charge in [-0.25, -0.2) is 0 Å². The molecule has 1 aliphatic heterocycles. The maximum Gasteiger partial charge on any atom is 0.191 e. The average Bonchev–Trinajstić information content (AvgIpc) is 3.21. The molecule has 2 N–H and O–H groups in total. The third-order valence-electron chi connectivity index (χ3n) is 4.79. The minimum absolute atomic E-state index is 0. The van der Waals surface area contributed by atoms with E-state index in [1.54, 1.807) is 6.33 Å². The highest BCUT2D eigenvalue weighted by Crippen LogP contribution is 2.14. The molecule has 0 atom stereocenters. The zero-order valence-electron chi connectivity index (χ0n) is 16.9. The number of rotatable bonds is 8. The predicted molar refractivity (Wildman–Crippen MR) is 120 cm³/mol. The van der Waals surface area contributed by atoms with E-state index in [0.717, 1.165) is 68.9 Å². The molecule has 10 heteroatoms. The molecular formula is C18H32IN9. The summed E-state index contributed by atoms with van der Waals surface area (Å²) in [6.45, 7) is 8.32. The van der Waals surface area contributed by atoms with Crippen LogP contribution in [0.25, 0.3) is 0 Å². The van der Waals surface area contributed by atoms with E-state index in [1.807, 2.05) is 0 Å². The summed E-state index contributed by atoms with van der Waals surface area (Å²) in [4.78, 5) is 4.69. The van der Waals surface area contributed by atoms with Crippen molar-refractivity contribution in [2.24, 2.45) is 4.99 Å². The third kappa shape index (κ3) is 6.14. The van der Waals surface area contributed by atoms with Crippen LogP contribution in [0.3, 0.4) is 0 Å². The maximum atomic E-state index is 4.69. The number of nitrogens with one attached hydrogen (secondary N) is 2. The van der Waals surface area contributed by atoms with Gasteiger partial charge in [0.2, 0.25) is 0 Å². The van der Waals surface area contributed by atoms with Crippen molar-refractivity contribution in [1.29, 1.82) is 0 Å². The monoisotopic (exact) mass is 501 g/mol. The van der Waals surface area contributed by atoms with E-state index in [2.05, 4.69) is 54.0 Å². The third-order valence-corrected chi connectivity index (χ3v) is 4.79. The lowest BCUT2D eigenvalue weighted by Crippen LogP contribution is -2.39. The number of fused-ring (bicyclic) bond motifs is 1. The maximum absolute atomic E-state index is 4.69. The molecule has 0 spiro atoms. The first-order chi connectivity index (χ1) is 13.3. The van der Waals surface area contributed by atoms with Crippen molar-refractivity contribution in [3.05, 3.63) is 23.8 Å². The standard InChI is InChI=1S/C18H31N9.HI/c1-3-15-23-22-14-26(15)13-11-21-18(19-4-2)20-10-9-17-25-24-16-8-6-5-7-12-27(16)17;/h14H,3-13H2,1-2H3,(H2,19,20,21);1H. The summed E-state index contributed by atoms with van der Waals surface area (Å²) in [6.07, 6.45) is 8.24. The van der Waals surface area contributed by atoms with Crippen molar-refractivity contribution in [2.45, 2.75) is 65.5 Å². The molecule has 0 amide bonds. The van der Waals surface area contributed by atoms with Gasteiger partial charge in [0.1, 0.15) is 23.8 Å². The summed E-state index contributed by atoms with van der Waals surface area (Å²) in [5.74, 6) is 4.03. The highest BCUT2D eigenvalue weighted by molar-refractivity contribution is 14.0. The molecule has 0 aliphatic carbocycles. The van der Waals surface area contributed by atoms with Gasteiger partial charge in [-0.3, -0.25) is 4.99 Å². The Kier molecular flexibility index (Phi) is 9.65. The minimum atomic E-state index is 0. The van der Waals surface area contributed by atoms with Crippen LogP contribution in [0, 0.1) is 0 Å². The summed E-state index contributed by atoms with van der Waals surface area (Å²) in [5.41, 5.74) is 0. The van der Waals surface area contributed by atoms with Crippen LogP contribution < -0.4 is 10.6 Å². The number of aliphatic imine (C=N–C) groups is 1. The normalized spacial score (nSPS) is 14.1. The fourth-order valence-corrected chi connectivity index (χ4v) is 3.37. The summed E-state index contributed by atoms with van der Waals surface area (Å²) in [7, 11) is 0. The van der Waals surface area contributed by atoms with Crippen molar-refractivity contribution in [3.8, 4) is 0 Å². The molecule has 2 aromatic heterocycles. The van der Waals surface area contributed by atoms with Gasteiger partial charge >= 0.3 is 0 Å². The highest BCUT2D eigenvalue weighted by atomic mass is 127. The Hall–Kier alpha value is -1.72. The molecule has 1 aliphatic rings. The van der Waals surface area contributed by atoms with Crippen LogP contribution in [0.5, 0.6) is 0 Å². The molecule has 0 radical (unpaired) electrons. The molecule has 0 fully saturated rings. The molecule has 156 valence electrons. The largest absolute Gasteiger partial charge is 0.357 e. The lowest BCUT2D eigenvalue weighted by atomic mass is 10.2. The summed E-state index contributed by atoms with van der Waals surface area (Å²) in [6, 6.07) is 0. The number of hydrogen-bond acceptors (Lipinski definition) is 5. The molecule has 0 bridgehead atoms. The molecule has 0 aromatic carbocycles. The number of aryl methyl sites for hydroxylation is 2. The fraction of sp³-hybridized carbons (Fsp3) is 0.722. The van der Waals surface area contributed by atoms with E-state index in [9.17, 15) is 0 Å². The van der Waals surface area contributed by atoms with Crippen LogP contribution in [0.1, 0.15) is 50.6 Å². The Morgan fingerprint density at radius 2 is 2.00 bits per heavy atom. The van der Waals surface area contributed by atoms with Gasteiger partial charge in [-0.1, -0.05) is 13.3 Å². The van der Waals surface area contributed by atoms with Gasteiger partial charge in [0.25, 0.3) is 0 Å². The molecule has 9 nitrogen and oxygen atoms in total. The molecular weight excluding hydrogens is 469 g/mol. The van der Waals surface area contributed by atoms with Gasteiger partial charge in [0, 0.05) is 52.0 Å². The Bertz CT molecular complexity index is 737. The summed E-state index contributed by atoms with van der Waals surface area (Å²) < 4.78 is 4.36. The van der Waals surface area contributed by atoms with Crippen LogP contribution in [-0.4, -0.2) is 55.1 Å². The number of nitrogens with zero attached hydrogens (tertiary/aromatic N) is 7. The summed E-state index contributed by atoms with van der Waals surface area (Å²) >= 11 is 0. The van der Waals surface area contributed by atoms with E-state index in [1.165, 1.54) is 19.3 Å². The second kappa shape index (κ2) is 12.0. The lowest BCUT2D eigenvalue weighted by molar-refractivity contribution is 0.603. The number of hydrogen-bond donors (Lipinski definition) is 2. The first-order valence-corrected chi connectivity index (χ1v) is 10.1. The van der Waals surface area contributed by atoms with Gasteiger partial charge < -0.3 is 19.8 Å². The van der Waals surface area contributed by atoms with E-state index < -0.39 is 0 Å². The Morgan fingerprint density at radius 3 is 2.82 bits per heavy atom. The first-order valence-electron chi connectivity index (χ1n) is 10.1. The van der Waals surface area contributed by atoms with Gasteiger partial charge in [0.15, 0.2) is 5.96 Å². The number of guanidine groups is 1. The zero-order chi connectivity index (χ0) is 18.9. The Morgan fingerprint density at radius 1 is 1.11 bits per heavy atom. The molecule has 0 unspecified atom stereocenters. The second-order valence-corrected chi connectivity index (χ2v) is 6.73. The molecule has 28 heavy (non-hydrogen) atoms.